The second-order valence-electron chi connectivity index (χ2n) is 9.09. The highest BCUT2D eigenvalue weighted by Gasteiger charge is 2.53. The minimum absolute atomic E-state index is 0. The Morgan fingerprint density at radius 3 is 2.31 bits per heavy atom. The molecule has 0 radical (unpaired) electrons. The Labute approximate surface area is 188 Å². The van der Waals surface area contributed by atoms with Gasteiger partial charge in [0.2, 0.25) is 11.6 Å². The quantitative estimate of drug-likeness (QED) is 0.336. The van der Waals surface area contributed by atoms with Crippen LogP contribution in [0, 0.1) is 3.57 Å². The second-order valence-corrected chi connectivity index (χ2v) is 10.3. The molecule has 1 amide bonds. The number of likely N-dealkylation sites (tertiary alicyclic amines) is 1. The molecule has 2 heterocycles. The van der Waals surface area contributed by atoms with Gasteiger partial charge in [0.05, 0.1) is 36.1 Å². The van der Waals surface area contributed by atoms with Gasteiger partial charge in [0, 0.05) is 20.0 Å². The molecule has 1 aromatic rings. The predicted octanol–water partition coefficient (Wildman–Crippen LogP) is 0.900. The molecule has 0 saturated carbocycles. The maximum atomic E-state index is 11.7. The zero-order chi connectivity index (χ0) is 18.6. The molecule has 146 valence electrons. The average molecular weight is 584 g/mol. The third kappa shape index (κ3) is 3.87. The highest BCUT2D eigenvalue weighted by molar-refractivity contribution is 14.1. The van der Waals surface area contributed by atoms with Crippen molar-refractivity contribution in [2.24, 2.45) is 0 Å². The predicted molar refractivity (Wildman–Crippen MR) is 109 cm³/mol. The Morgan fingerprint density at radius 1 is 1.23 bits per heavy atom. The lowest BCUT2D eigenvalue weighted by Crippen LogP contribution is -3.00. The summed E-state index contributed by atoms with van der Waals surface area (Å²) in [5.41, 5.74) is 2.57. The van der Waals surface area contributed by atoms with Crippen LogP contribution in [0.5, 0.6) is 5.75 Å². The minimum atomic E-state index is -0.234. The van der Waals surface area contributed by atoms with Crippen molar-refractivity contribution in [3.05, 3.63) is 26.8 Å². The van der Waals surface area contributed by atoms with E-state index in [4.69, 9.17) is 4.74 Å². The van der Waals surface area contributed by atoms with Gasteiger partial charge in [-0.1, -0.05) is 20.8 Å². The Kier molecular flexibility index (Phi) is 6.31. The lowest BCUT2D eigenvalue weighted by molar-refractivity contribution is -0.980. The van der Waals surface area contributed by atoms with Gasteiger partial charge in [-0.05, 0) is 45.7 Å². The summed E-state index contributed by atoms with van der Waals surface area (Å²) in [5, 5.41) is 0. The molecule has 2 aliphatic heterocycles. The van der Waals surface area contributed by atoms with E-state index in [0.717, 1.165) is 42.7 Å². The number of rotatable bonds is 0. The molecule has 26 heavy (non-hydrogen) atoms. The summed E-state index contributed by atoms with van der Waals surface area (Å²) in [6.07, 6.45) is 1.77. The minimum Gasteiger partial charge on any atom is -1.00 e. The monoisotopic (exact) mass is 584 g/mol. The molecule has 2 aliphatic rings. The van der Waals surface area contributed by atoms with Crippen molar-refractivity contribution in [3.8, 4) is 5.75 Å². The molecule has 1 spiro atoms. The summed E-state index contributed by atoms with van der Waals surface area (Å²) in [6, 6.07) is 4.60. The summed E-state index contributed by atoms with van der Waals surface area (Å²) >= 11 is 2.42. The van der Waals surface area contributed by atoms with Crippen LogP contribution >= 0.6 is 22.6 Å². The van der Waals surface area contributed by atoms with Crippen molar-refractivity contribution in [2.45, 2.75) is 58.2 Å². The number of piperidine rings is 1. The largest absolute Gasteiger partial charge is 1.00 e. The summed E-state index contributed by atoms with van der Waals surface area (Å²) < 4.78 is 8.75. The first-order chi connectivity index (χ1) is 11.5. The van der Waals surface area contributed by atoms with Gasteiger partial charge in [0.1, 0.15) is 12.3 Å². The normalized spacial score (nSPS) is 20.8. The van der Waals surface area contributed by atoms with Crippen LogP contribution in [0.2, 0.25) is 0 Å². The van der Waals surface area contributed by atoms with Gasteiger partial charge in [-0.2, -0.15) is 0 Å². The number of amides is 1. The zero-order valence-electron chi connectivity index (χ0n) is 16.7. The Bertz CT molecular complexity index is 702. The molecule has 1 fully saturated rings. The van der Waals surface area contributed by atoms with Gasteiger partial charge in [-0.25, -0.2) is 0 Å². The van der Waals surface area contributed by atoms with Gasteiger partial charge < -0.3 is 33.6 Å². The molecule has 0 atom stereocenters. The Hall–Kier alpha value is -0.0900. The van der Waals surface area contributed by atoms with E-state index in [0.29, 0.717) is 0 Å². The molecule has 0 bridgehead atoms. The van der Waals surface area contributed by atoms with Crippen molar-refractivity contribution < 1.29 is 38.0 Å². The number of nitrogens with zero attached hydrogens (tertiary/aromatic N) is 2. The first kappa shape index (κ1) is 22.2. The van der Waals surface area contributed by atoms with E-state index < -0.39 is 0 Å². The lowest BCUT2D eigenvalue weighted by Gasteiger charge is -2.54. The number of ether oxygens (including phenoxy) is 1. The Balaban J connectivity index is 0.00000243. The molecule has 0 aliphatic carbocycles. The van der Waals surface area contributed by atoms with E-state index in [1.54, 1.807) is 6.92 Å². The molecule has 0 N–H and O–H groups in total. The fraction of sp³-hybridized carbons (Fsp3) is 0.650. The Morgan fingerprint density at radius 2 is 1.81 bits per heavy atom. The van der Waals surface area contributed by atoms with E-state index in [1.165, 1.54) is 14.7 Å². The van der Waals surface area contributed by atoms with Crippen LogP contribution in [-0.4, -0.2) is 48.2 Å². The summed E-state index contributed by atoms with van der Waals surface area (Å²) in [4.78, 5) is 13.6. The van der Waals surface area contributed by atoms with Crippen molar-refractivity contribution in [1.29, 1.82) is 0 Å². The molecular formula is C20H30I2N2O2. The van der Waals surface area contributed by atoms with Crippen LogP contribution in [0.4, 0.5) is 0 Å². The SMILES string of the molecule is CC(=O)N1CCC2(CC1)Oc1c(I)cc(C(C)(C)C)cc1C[N+]2(C)C.[I-]. The first-order valence-electron chi connectivity index (χ1n) is 9.06. The maximum absolute atomic E-state index is 11.7. The molecule has 6 heteroatoms. The van der Waals surface area contributed by atoms with E-state index >= 15 is 0 Å². The average Bonchev–Trinajstić information content (AvgIpc) is 2.48. The number of halogens is 2. The molecule has 1 saturated heterocycles. The first-order valence-corrected chi connectivity index (χ1v) is 10.1. The van der Waals surface area contributed by atoms with Crippen LogP contribution in [-0.2, 0) is 16.8 Å². The number of carbonyl (C=O) groups excluding carboxylic acids is 1. The van der Waals surface area contributed by atoms with Crippen LogP contribution in [0.1, 0.15) is 51.7 Å². The summed E-state index contributed by atoms with van der Waals surface area (Å²) in [5.74, 6) is 1.23. The molecule has 0 aromatic heterocycles. The van der Waals surface area contributed by atoms with Gasteiger partial charge >= 0.3 is 0 Å². The van der Waals surface area contributed by atoms with E-state index in [2.05, 4.69) is 69.6 Å². The summed E-state index contributed by atoms with van der Waals surface area (Å²) in [6.45, 7) is 11.0. The van der Waals surface area contributed by atoms with Gasteiger partial charge in [-0.15, -0.1) is 0 Å². The molecule has 1 aromatic carbocycles. The zero-order valence-corrected chi connectivity index (χ0v) is 21.0. The molecule has 3 rings (SSSR count). The third-order valence-corrected chi connectivity index (χ3v) is 6.74. The molecule has 4 nitrogen and oxygen atoms in total. The molecule has 0 unspecified atom stereocenters. The maximum Gasteiger partial charge on any atom is 0.246 e. The number of quaternary nitrogens is 1. The highest BCUT2D eigenvalue weighted by atomic mass is 127. The van der Waals surface area contributed by atoms with Crippen LogP contribution in [0.25, 0.3) is 0 Å². The fourth-order valence-corrected chi connectivity index (χ4v) is 4.87. The summed E-state index contributed by atoms with van der Waals surface area (Å²) in [7, 11) is 4.53. The standard InChI is InChI=1S/C20H30IN2O2.HI/c1-14(24)22-9-7-20(8-10-22)23(5,6)13-15-11-16(19(2,3)4)12-17(21)18(15)25-20;/h11-12H,7-10,13H2,1-6H3;1H/q+1;/p-1. The smallest absolute Gasteiger partial charge is 0.246 e. The second kappa shape index (κ2) is 7.39. The number of hydrogen-bond acceptors (Lipinski definition) is 2. The topological polar surface area (TPSA) is 29.5 Å². The van der Waals surface area contributed by atoms with Crippen molar-refractivity contribution in [2.75, 3.05) is 27.2 Å². The third-order valence-electron chi connectivity index (χ3n) is 5.94. The van der Waals surface area contributed by atoms with Crippen molar-refractivity contribution in [3.63, 3.8) is 0 Å². The number of benzene rings is 1. The van der Waals surface area contributed by atoms with Crippen molar-refractivity contribution in [1.82, 2.24) is 4.90 Å². The number of fused-ring (bicyclic) bond motifs is 1. The fourth-order valence-electron chi connectivity index (χ4n) is 4.08. The molecular weight excluding hydrogens is 554 g/mol. The van der Waals surface area contributed by atoms with Crippen LogP contribution < -0.4 is 28.7 Å². The van der Waals surface area contributed by atoms with E-state index in [-0.39, 0.29) is 41.0 Å². The highest BCUT2D eigenvalue weighted by Crippen LogP contribution is 2.45. The lowest BCUT2D eigenvalue weighted by atomic mass is 9.85. The van der Waals surface area contributed by atoms with Gasteiger partial charge in [-0.3, -0.25) is 9.28 Å². The van der Waals surface area contributed by atoms with E-state index in [9.17, 15) is 4.79 Å². The van der Waals surface area contributed by atoms with E-state index in [1.807, 2.05) is 4.90 Å². The van der Waals surface area contributed by atoms with Gasteiger partial charge in [0.25, 0.3) is 0 Å². The van der Waals surface area contributed by atoms with Crippen LogP contribution in [0.15, 0.2) is 12.1 Å². The number of hydrogen-bond donors (Lipinski definition) is 0. The number of carbonyl (C=O) groups is 1. The van der Waals surface area contributed by atoms with Gasteiger partial charge in [0.15, 0.2) is 0 Å². The van der Waals surface area contributed by atoms with Crippen LogP contribution in [0.3, 0.4) is 0 Å². The van der Waals surface area contributed by atoms with Crippen molar-refractivity contribution >= 4 is 28.5 Å².